The molecule has 0 bridgehead atoms. The zero-order valence-electron chi connectivity index (χ0n) is 11.2. The summed E-state index contributed by atoms with van der Waals surface area (Å²) in [4.78, 5) is 13.6. The second-order valence-electron chi connectivity index (χ2n) is 4.79. The molecule has 1 aliphatic rings. The largest absolute Gasteiger partial charge is 0.342 e. The summed E-state index contributed by atoms with van der Waals surface area (Å²) in [6.45, 7) is 3.37. The molecule has 1 amide bonds. The van der Waals surface area contributed by atoms with E-state index < -0.39 is 10.0 Å². The highest BCUT2D eigenvalue weighted by Gasteiger charge is 2.17. The number of sulfonamides is 1. The highest BCUT2D eigenvalue weighted by molar-refractivity contribution is 7.89. The van der Waals surface area contributed by atoms with Crippen molar-refractivity contribution in [3.05, 3.63) is 0 Å². The molecule has 1 aliphatic heterocycles. The summed E-state index contributed by atoms with van der Waals surface area (Å²) in [5.74, 6) is 0.00789. The molecule has 0 radical (unpaired) electrons. The van der Waals surface area contributed by atoms with Crippen molar-refractivity contribution in [1.29, 1.82) is 0 Å². The van der Waals surface area contributed by atoms with Crippen molar-refractivity contribution in [3.63, 3.8) is 0 Å². The quantitative estimate of drug-likeness (QED) is 0.790. The molecule has 0 saturated carbocycles. The molecule has 0 aromatic heterocycles. The third-order valence-corrected chi connectivity index (χ3v) is 4.58. The molecule has 0 spiro atoms. The molecule has 0 atom stereocenters. The van der Waals surface area contributed by atoms with Crippen LogP contribution in [0.5, 0.6) is 0 Å². The fraction of sp³-hybridized carbons (Fsp3) is 0.917. The summed E-state index contributed by atoms with van der Waals surface area (Å²) in [6.07, 6.45) is 5.83. The van der Waals surface area contributed by atoms with Crippen LogP contribution in [0.25, 0.3) is 0 Å². The van der Waals surface area contributed by atoms with Gasteiger partial charge >= 0.3 is 0 Å². The van der Waals surface area contributed by atoms with E-state index in [1.165, 1.54) is 0 Å². The Morgan fingerprint density at radius 1 is 1.17 bits per heavy atom. The smallest absolute Gasteiger partial charge is 0.237 e. The van der Waals surface area contributed by atoms with Gasteiger partial charge in [-0.15, -0.1) is 0 Å². The van der Waals surface area contributed by atoms with Crippen LogP contribution in [-0.4, -0.2) is 44.6 Å². The van der Waals surface area contributed by atoms with E-state index in [9.17, 15) is 13.2 Å². The van der Waals surface area contributed by atoms with Gasteiger partial charge in [0, 0.05) is 13.1 Å². The number of unbranched alkanes of at least 4 members (excludes halogenated alkanes) is 1. The minimum atomic E-state index is -3.28. The van der Waals surface area contributed by atoms with E-state index in [1.807, 2.05) is 6.92 Å². The molecule has 5 nitrogen and oxygen atoms in total. The zero-order valence-corrected chi connectivity index (χ0v) is 12.0. The molecule has 1 fully saturated rings. The van der Waals surface area contributed by atoms with Crippen molar-refractivity contribution in [2.24, 2.45) is 0 Å². The molecule has 0 aromatic rings. The SMILES string of the molecule is CCCCS(=O)(=O)NCC(=O)N1CCCCCC1. The molecule has 0 aliphatic carbocycles. The number of amides is 1. The first-order valence-corrected chi connectivity index (χ1v) is 8.45. The first kappa shape index (κ1) is 15.4. The first-order chi connectivity index (χ1) is 8.55. The van der Waals surface area contributed by atoms with Crippen LogP contribution in [0.3, 0.4) is 0 Å². The molecule has 0 aromatic carbocycles. The highest BCUT2D eigenvalue weighted by Crippen LogP contribution is 2.09. The summed E-state index contributed by atoms with van der Waals surface area (Å²) >= 11 is 0. The highest BCUT2D eigenvalue weighted by atomic mass is 32.2. The maximum Gasteiger partial charge on any atom is 0.237 e. The van der Waals surface area contributed by atoms with Crippen LogP contribution in [0.4, 0.5) is 0 Å². The van der Waals surface area contributed by atoms with Crippen LogP contribution < -0.4 is 4.72 Å². The third-order valence-electron chi connectivity index (χ3n) is 3.17. The summed E-state index contributed by atoms with van der Waals surface area (Å²) in [6, 6.07) is 0. The second kappa shape index (κ2) is 7.74. The number of carbonyl (C=O) groups excluding carboxylic acids is 1. The predicted molar refractivity (Wildman–Crippen MR) is 71.7 cm³/mol. The fourth-order valence-electron chi connectivity index (χ4n) is 2.01. The van der Waals surface area contributed by atoms with Gasteiger partial charge in [-0.2, -0.15) is 0 Å². The molecular weight excluding hydrogens is 252 g/mol. The monoisotopic (exact) mass is 276 g/mol. The van der Waals surface area contributed by atoms with Crippen LogP contribution in [0.2, 0.25) is 0 Å². The van der Waals surface area contributed by atoms with Gasteiger partial charge in [-0.3, -0.25) is 4.79 Å². The van der Waals surface area contributed by atoms with E-state index in [4.69, 9.17) is 0 Å². The van der Waals surface area contributed by atoms with E-state index in [-0.39, 0.29) is 18.2 Å². The van der Waals surface area contributed by atoms with Gasteiger partial charge in [0.25, 0.3) is 0 Å². The number of likely N-dealkylation sites (tertiary alicyclic amines) is 1. The van der Waals surface area contributed by atoms with Crippen molar-refractivity contribution in [2.75, 3.05) is 25.4 Å². The van der Waals surface area contributed by atoms with Gasteiger partial charge in [0.05, 0.1) is 12.3 Å². The number of carbonyl (C=O) groups is 1. The van der Waals surface area contributed by atoms with Crippen LogP contribution in [-0.2, 0) is 14.8 Å². The number of nitrogens with one attached hydrogen (secondary N) is 1. The topological polar surface area (TPSA) is 66.5 Å². The molecule has 18 heavy (non-hydrogen) atoms. The lowest BCUT2D eigenvalue weighted by atomic mass is 10.2. The Bertz CT molecular complexity index is 346. The average molecular weight is 276 g/mol. The standard InChI is InChI=1S/C12H24N2O3S/c1-2-3-10-18(16,17)13-11-12(15)14-8-6-4-5-7-9-14/h13H,2-11H2,1H3. The Kier molecular flexibility index (Phi) is 6.63. The van der Waals surface area contributed by atoms with Crippen LogP contribution >= 0.6 is 0 Å². The molecule has 0 unspecified atom stereocenters. The molecule has 1 N–H and O–H groups in total. The van der Waals surface area contributed by atoms with Gasteiger partial charge in [-0.25, -0.2) is 13.1 Å². The molecular formula is C12H24N2O3S. The van der Waals surface area contributed by atoms with E-state index in [0.717, 1.165) is 45.2 Å². The van der Waals surface area contributed by atoms with Crippen LogP contribution in [0.1, 0.15) is 45.4 Å². The van der Waals surface area contributed by atoms with E-state index >= 15 is 0 Å². The molecule has 1 rings (SSSR count). The maximum atomic E-state index is 11.9. The Labute approximate surface area is 110 Å². The van der Waals surface area contributed by atoms with Crippen molar-refractivity contribution >= 4 is 15.9 Å². The second-order valence-corrected chi connectivity index (χ2v) is 6.71. The van der Waals surface area contributed by atoms with Crippen molar-refractivity contribution in [1.82, 2.24) is 9.62 Å². The number of rotatable bonds is 6. The minimum absolute atomic E-state index is 0.0912. The zero-order chi connectivity index (χ0) is 13.4. The van der Waals surface area contributed by atoms with Crippen LogP contribution in [0.15, 0.2) is 0 Å². The van der Waals surface area contributed by atoms with Crippen LogP contribution in [0, 0.1) is 0 Å². The molecule has 1 heterocycles. The summed E-state index contributed by atoms with van der Waals surface area (Å²) in [5.41, 5.74) is 0. The lowest BCUT2D eigenvalue weighted by molar-refractivity contribution is -0.129. The summed E-state index contributed by atoms with van der Waals surface area (Å²) < 4.78 is 25.5. The predicted octanol–water partition coefficient (Wildman–Crippen LogP) is 1.11. The molecule has 106 valence electrons. The average Bonchev–Trinajstić information content (AvgIpc) is 2.62. The van der Waals surface area contributed by atoms with Crippen molar-refractivity contribution in [2.45, 2.75) is 45.4 Å². The lowest BCUT2D eigenvalue weighted by Crippen LogP contribution is -2.41. The van der Waals surface area contributed by atoms with Gasteiger partial charge in [0.15, 0.2) is 0 Å². The first-order valence-electron chi connectivity index (χ1n) is 6.80. The van der Waals surface area contributed by atoms with Gasteiger partial charge in [0.2, 0.25) is 15.9 Å². The van der Waals surface area contributed by atoms with Crippen molar-refractivity contribution < 1.29 is 13.2 Å². The number of hydrogen-bond acceptors (Lipinski definition) is 3. The summed E-state index contributed by atoms with van der Waals surface area (Å²) in [7, 11) is -3.28. The molecule has 6 heteroatoms. The third kappa shape index (κ3) is 5.82. The Balaban J connectivity index is 2.35. The van der Waals surface area contributed by atoms with E-state index in [2.05, 4.69) is 4.72 Å². The Morgan fingerprint density at radius 2 is 1.78 bits per heavy atom. The fourth-order valence-corrected chi connectivity index (χ4v) is 3.17. The van der Waals surface area contributed by atoms with E-state index in [1.54, 1.807) is 4.90 Å². The normalized spacial score (nSPS) is 17.5. The van der Waals surface area contributed by atoms with Gasteiger partial charge in [0.1, 0.15) is 0 Å². The van der Waals surface area contributed by atoms with Gasteiger partial charge < -0.3 is 4.90 Å². The minimum Gasteiger partial charge on any atom is -0.342 e. The molecule has 1 saturated heterocycles. The lowest BCUT2D eigenvalue weighted by Gasteiger charge is -2.20. The van der Waals surface area contributed by atoms with Gasteiger partial charge in [-0.05, 0) is 19.3 Å². The summed E-state index contributed by atoms with van der Waals surface area (Å²) in [5, 5.41) is 0. The Morgan fingerprint density at radius 3 is 2.33 bits per heavy atom. The van der Waals surface area contributed by atoms with E-state index in [0.29, 0.717) is 6.42 Å². The number of nitrogens with zero attached hydrogens (tertiary/aromatic N) is 1. The van der Waals surface area contributed by atoms with Crippen molar-refractivity contribution in [3.8, 4) is 0 Å². The number of hydrogen-bond donors (Lipinski definition) is 1. The van der Waals surface area contributed by atoms with Gasteiger partial charge in [-0.1, -0.05) is 26.2 Å². The Hall–Kier alpha value is -0.620. The maximum absolute atomic E-state index is 11.9.